The first-order valence-electron chi connectivity index (χ1n) is 5.93. The molecule has 1 aromatic heterocycles. The summed E-state index contributed by atoms with van der Waals surface area (Å²) in [6.45, 7) is 2.21. The highest BCUT2D eigenvalue weighted by molar-refractivity contribution is 9.10. The molecule has 0 amide bonds. The Morgan fingerprint density at radius 2 is 2.25 bits per heavy atom. The second-order valence-electron chi connectivity index (χ2n) is 4.89. The molecule has 3 rings (SSSR count). The van der Waals surface area contributed by atoms with Crippen LogP contribution in [0.15, 0.2) is 33.9 Å². The molecule has 104 valence electrons. The number of nitrogens with two attached hydrogens (primary N) is 1. The molecule has 0 saturated carbocycles. The van der Waals surface area contributed by atoms with Gasteiger partial charge in [0.25, 0.3) is 0 Å². The SMILES string of the molecule is C[C@@]1(c2cc(Br)ccc2F)Cn2c(Cl)cnc2C(N)=N1. The molecule has 20 heavy (non-hydrogen) atoms. The van der Waals surface area contributed by atoms with Gasteiger partial charge in [0.1, 0.15) is 16.5 Å². The molecule has 2 heterocycles. The summed E-state index contributed by atoms with van der Waals surface area (Å²) in [5, 5.41) is 0.458. The van der Waals surface area contributed by atoms with Crippen molar-refractivity contribution in [2.75, 3.05) is 0 Å². The molecular formula is C13H11BrClFN4. The number of aromatic nitrogens is 2. The van der Waals surface area contributed by atoms with Gasteiger partial charge in [-0.2, -0.15) is 0 Å². The summed E-state index contributed by atoms with van der Waals surface area (Å²) in [4.78, 5) is 8.54. The molecule has 0 aliphatic carbocycles. The van der Waals surface area contributed by atoms with E-state index in [1.165, 1.54) is 12.3 Å². The maximum atomic E-state index is 14.1. The molecule has 1 aliphatic heterocycles. The smallest absolute Gasteiger partial charge is 0.176 e. The lowest BCUT2D eigenvalue weighted by atomic mass is 9.91. The molecule has 0 unspecified atom stereocenters. The average molecular weight is 358 g/mol. The summed E-state index contributed by atoms with van der Waals surface area (Å²) in [5.74, 6) is 0.444. The number of hydrogen-bond acceptors (Lipinski definition) is 3. The minimum Gasteiger partial charge on any atom is -0.381 e. The first kappa shape index (κ1) is 13.6. The Morgan fingerprint density at radius 1 is 1.50 bits per heavy atom. The average Bonchev–Trinajstić information content (AvgIpc) is 2.74. The molecular weight excluding hydrogens is 347 g/mol. The zero-order valence-electron chi connectivity index (χ0n) is 10.6. The minimum atomic E-state index is -0.824. The predicted octanol–water partition coefficient (Wildman–Crippen LogP) is 3.07. The fraction of sp³-hybridized carbons (Fsp3) is 0.231. The van der Waals surface area contributed by atoms with E-state index in [1.807, 2.05) is 6.92 Å². The number of benzene rings is 1. The quantitative estimate of drug-likeness (QED) is 0.853. The lowest BCUT2D eigenvalue weighted by molar-refractivity contribution is 0.383. The van der Waals surface area contributed by atoms with E-state index in [9.17, 15) is 4.39 Å². The molecule has 0 fully saturated rings. The summed E-state index contributed by atoms with van der Waals surface area (Å²) in [6.07, 6.45) is 1.52. The Labute approximate surface area is 128 Å². The van der Waals surface area contributed by atoms with Crippen LogP contribution in [0.2, 0.25) is 5.15 Å². The third kappa shape index (κ3) is 2.03. The van der Waals surface area contributed by atoms with E-state index < -0.39 is 5.54 Å². The van der Waals surface area contributed by atoms with Gasteiger partial charge in [-0.25, -0.2) is 9.37 Å². The Hall–Kier alpha value is -1.40. The van der Waals surface area contributed by atoms with Gasteiger partial charge in [0, 0.05) is 10.0 Å². The summed E-state index contributed by atoms with van der Waals surface area (Å²) in [6, 6.07) is 4.76. The lowest BCUT2D eigenvalue weighted by Gasteiger charge is -2.31. The fourth-order valence-electron chi connectivity index (χ4n) is 2.42. The van der Waals surface area contributed by atoms with Crippen molar-refractivity contribution >= 4 is 33.4 Å². The van der Waals surface area contributed by atoms with Gasteiger partial charge in [-0.1, -0.05) is 27.5 Å². The molecule has 0 bridgehead atoms. The third-order valence-electron chi connectivity index (χ3n) is 3.38. The van der Waals surface area contributed by atoms with Gasteiger partial charge in [-0.05, 0) is 25.1 Å². The maximum absolute atomic E-state index is 14.1. The summed E-state index contributed by atoms with van der Waals surface area (Å²) in [5.41, 5.74) is 5.57. The second-order valence-corrected chi connectivity index (χ2v) is 6.19. The molecule has 2 N–H and O–H groups in total. The summed E-state index contributed by atoms with van der Waals surface area (Å²) >= 11 is 9.45. The van der Waals surface area contributed by atoms with E-state index in [-0.39, 0.29) is 11.7 Å². The first-order chi connectivity index (χ1) is 9.40. The van der Waals surface area contributed by atoms with Crippen molar-refractivity contribution in [3.05, 3.63) is 51.2 Å². The Balaban J connectivity index is 2.17. The van der Waals surface area contributed by atoms with Crippen molar-refractivity contribution in [1.82, 2.24) is 9.55 Å². The van der Waals surface area contributed by atoms with E-state index in [0.717, 1.165) is 4.47 Å². The number of fused-ring (bicyclic) bond motifs is 1. The number of aliphatic imine (C=N–C) groups is 1. The molecule has 2 aromatic rings. The highest BCUT2D eigenvalue weighted by atomic mass is 79.9. The number of hydrogen-bond donors (Lipinski definition) is 1. The van der Waals surface area contributed by atoms with Crippen LogP contribution in [0, 0.1) is 5.82 Å². The third-order valence-corrected chi connectivity index (χ3v) is 4.17. The number of amidine groups is 1. The maximum Gasteiger partial charge on any atom is 0.176 e. The topological polar surface area (TPSA) is 56.2 Å². The van der Waals surface area contributed by atoms with Gasteiger partial charge in [0.05, 0.1) is 12.7 Å². The van der Waals surface area contributed by atoms with E-state index in [1.54, 1.807) is 16.7 Å². The lowest BCUT2D eigenvalue weighted by Crippen LogP contribution is -2.37. The van der Waals surface area contributed by atoms with Gasteiger partial charge < -0.3 is 10.3 Å². The van der Waals surface area contributed by atoms with Crippen molar-refractivity contribution in [2.24, 2.45) is 10.7 Å². The van der Waals surface area contributed by atoms with Crippen LogP contribution in [-0.2, 0) is 12.1 Å². The van der Waals surface area contributed by atoms with Crippen molar-refractivity contribution < 1.29 is 4.39 Å². The van der Waals surface area contributed by atoms with Crippen molar-refractivity contribution in [3.63, 3.8) is 0 Å². The highest BCUT2D eigenvalue weighted by Crippen LogP contribution is 2.35. The molecule has 7 heteroatoms. The van der Waals surface area contributed by atoms with Crippen molar-refractivity contribution in [2.45, 2.75) is 19.0 Å². The van der Waals surface area contributed by atoms with E-state index in [4.69, 9.17) is 17.3 Å². The van der Waals surface area contributed by atoms with Crippen LogP contribution in [0.3, 0.4) is 0 Å². The number of imidazole rings is 1. The molecule has 1 atom stereocenters. The number of rotatable bonds is 1. The fourth-order valence-corrected chi connectivity index (χ4v) is 2.97. The summed E-state index contributed by atoms with van der Waals surface area (Å²) < 4.78 is 16.7. The molecule has 0 spiro atoms. The van der Waals surface area contributed by atoms with Gasteiger partial charge >= 0.3 is 0 Å². The summed E-state index contributed by atoms with van der Waals surface area (Å²) in [7, 11) is 0. The van der Waals surface area contributed by atoms with Crippen LogP contribution in [0.4, 0.5) is 4.39 Å². The molecule has 4 nitrogen and oxygen atoms in total. The van der Waals surface area contributed by atoms with Gasteiger partial charge in [0.2, 0.25) is 0 Å². The van der Waals surface area contributed by atoms with Crippen LogP contribution in [0.25, 0.3) is 0 Å². The van der Waals surface area contributed by atoms with Gasteiger partial charge in [-0.15, -0.1) is 0 Å². The Kier molecular flexibility index (Phi) is 3.10. The van der Waals surface area contributed by atoms with Gasteiger partial charge in [-0.3, -0.25) is 4.99 Å². The monoisotopic (exact) mass is 356 g/mol. The van der Waals surface area contributed by atoms with Crippen molar-refractivity contribution in [3.8, 4) is 0 Å². The van der Waals surface area contributed by atoms with E-state index >= 15 is 0 Å². The second kappa shape index (κ2) is 4.56. The van der Waals surface area contributed by atoms with Crippen LogP contribution in [-0.4, -0.2) is 15.4 Å². The normalized spacial score (nSPS) is 21.5. The van der Waals surface area contributed by atoms with E-state index in [0.29, 0.717) is 23.1 Å². The standard InChI is InChI=1S/C13H11BrClFN4/c1-13(8-4-7(14)2-3-9(8)16)6-20-10(15)5-18-12(20)11(17)19-13/h2-5H,6H2,1H3,(H2,17,19)/t13-/m0/s1. The largest absolute Gasteiger partial charge is 0.381 e. The molecule has 0 saturated heterocycles. The van der Waals surface area contributed by atoms with Gasteiger partial charge in [0.15, 0.2) is 11.7 Å². The molecule has 0 radical (unpaired) electrons. The Bertz CT molecular complexity index is 727. The van der Waals surface area contributed by atoms with Crippen LogP contribution in [0.5, 0.6) is 0 Å². The first-order valence-corrected chi connectivity index (χ1v) is 7.10. The van der Waals surface area contributed by atoms with Crippen molar-refractivity contribution in [1.29, 1.82) is 0 Å². The van der Waals surface area contributed by atoms with E-state index in [2.05, 4.69) is 25.9 Å². The van der Waals surface area contributed by atoms with Crippen LogP contribution in [0.1, 0.15) is 18.3 Å². The zero-order valence-corrected chi connectivity index (χ0v) is 12.9. The Morgan fingerprint density at radius 3 is 3.00 bits per heavy atom. The predicted molar refractivity (Wildman–Crippen MR) is 79.4 cm³/mol. The molecule has 1 aliphatic rings. The van der Waals surface area contributed by atoms with Crippen LogP contribution >= 0.6 is 27.5 Å². The minimum absolute atomic E-state index is 0.255. The molecule has 1 aromatic carbocycles. The zero-order chi connectivity index (χ0) is 14.5. The number of nitrogens with zero attached hydrogens (tertiary/aromatic N) is 3. The number of halogens is 3. The van der Waals surface area contributed by atoms with Crippen LogP contribution < -0.4 is 5.73 Å². The highest BCUT2D eigenvalue weighted by Gasteiger charge is 2.35.